The molecule has 0 heterocycles. The molecule has 0 aliphatic heterocycles. The third-order valence-electron chi connectivity index (χ3n) is 2.18. The quantitative estimate of drug-likeness (QED) is 0.171. The summed E-state index contributed by atoms with van der Waals surface area (Å²) in [6, 6.07) is 0.538. The van der Waals surface area contributed by atoms with Gasteiger partial charge < -0.3 is 9.84 Å². The lowest BCUT2D eigenvalue weighted by molar-refractivity contribution is -0.132. The molecule has 0 bridgehead atoms. The number of ketones is 1. The van der Waals surface area contributed by atoms with E-state index in [0.717, 1.165) is 0 Å². The van der Waals surface area contributed by atoms with E-state index in [2.05, 4.69) is 4.74 Å². The van der Waals surface area contributed by atoms with Crippen molar-refractivity contribution in [1.29, 1.82) is 0 Å². The van der Waals surface area contributed by atoms with Crippen LogP contribution in [0, 0.1) is 11.6 Å². The Balaban J connectivity index is 3.40. The average molecular weight is 325 g/mol. The van der Waals surface area contributed by atoms with E-state index >= 15 is 0 Å². The number of carbonyl (C=O) groups excluding carboxylic acids is 1. The molecule has 0 amide bonds. The summed E-state index contributed by atoms with van der Waals surface area (Å²) in [4.78, 5) is 22.9. The predicted molar refractivity (Wildman–Crippen MR) is 68.1 cm³/mol. The molecule has 0 atom stereocenters. The Morgan fingerprint density at radius 1 is 1.40 bits per heavy atom. The van der Waals surface area contributed by atoms with Gasteiger partial charge in [-0.2, -0.15) is 0 Å². The zero-order chi connectivity index (χ0) is 15.4. The first-order chi connectivity index (χ1) is 9.31. The van der Waals surface area contributed by atoms with Crippen LogP contribution >= 0.6 is 23.2 Å². The van der Waals surface area contributed by atoms with Gasteiger partial charge in [0.1, 0.15) is 17.7 Å². The van der Waals surface area contributed by atoms with E-state index in [9.17, 15) is 18.4 Å². The Hall–Kier alpha value is -1.66. The number of carboxylic acids is 1. The van der Waals surface area contributed by atoms with Crippen molar-refractivity contribution in [2.45, 2.75) is 6.92 Å². The van der Waals surface area contributed by atoms with Crippen LogP contribution in [0.15, 0.2) is 17.9 Å². The van der Waals surface area contributed by atoms with Gasteiger partial charge in [-0.15, -0.1) is 0 Å². The molecule has 1 rings (SSSR count). The molecular formula is C12H8Cl2F2O4. The van der Waals surface area contributed by atoms with Crippen molar-refractivity contribution in [3.05, 3.63) is 45.1 Å². The maximum atomic E-state index is 13.7. The number of benzene rings is 1. The van der Waals surface area contributed by atoms with Gasteiger partial charge in [0.25, 0.3) is 0 Å². The Labute approximate surface area is 122 Å². The zero-order valence-corrected chi connectivity index (χ0v) is 11.6. The summed E-state index contributed by atoms with van der Waals surface area (Å²) in [6.45, 7) is 1.64. The normalized spacial score (nSPS) is 11.3. The summed E-state index contributed by atoms with van der Waals surface area (Å²) in [5.41, 5.74) is -1.80. The Bertz CT molecular complexity index is 600. The van der Waals surface area contributed by atoms with Gasteiger partial charge in [0.05, 0.1) is 22.2 Å². The monoisotopic (exact) mass is 324 g/mol. The molecule has 0 unspecified atom stereocenters. The molecule has 108 valence electrons. The van der Waals surface area contributed by atoms with Gasteiger partial charge in [0, 0.05) is 0 Å². The second-order valence-corrected chi connectivity index (χ2v) is 4.25. The molecule has 0 radical (unpaired) electrons. The van der Waals surface area contributed by atoms with Crippen LogP contribution in [0.4, 0.5) is 8.78 Å². The highest BCUT2D eigenvalue weighted by Crippen LogP contribution is 2.30. The number of carboxylic acid groups (broad SMARTS) is 1. The maximum Gasteiger partial charge on any atom is 0.342 e. The second kappa shape index (κ2) is 6.67. The van der Waals surface area contributed by atoms with Crippen LogP contribution in [0.5, 0.6) is 0 Å². The number of ether oxygens (including phenoxy) is 1. The van der Waals surface area contributed by atoms with E-state index in [-0.39, 0.29) is 6.61 Å². The van der Waals surface area contributed by atoms with Crippen LogP contribution in [0.1, 0.15) is 17.3 Å². The van der Waals surface area contributed by atoms with Gasteiger partial charge in [-0.05, 0) is 13.0 Å². The van der Waals surface area contributed by atoms with Crippen LogP contribution < -0.4 is 0 Å². The molecule has 0 saturated carbocycles. The Morgan fingerprint density at radius 2 is 2.00 bits per heavy atom. The molecule has 1 N–H and O–H groups in total. The predicted octanol–water partition coefficient (Wildman–Crippen LogP) is 3.46. The second-order valence-electron chi connectivity index (χ2n) is 3.46. The minimum Gasteiger partial charge on any atom is -0.500 e. The fraction of sp³-hybridized carbons (Fsp3) is 0.167. The molecule has 0 fully saturated rings. The average Bonchev–Trinajstić information content (AvgIpc) is 2.36. The highest BCUT2D eigenvalue weighted by atomic mass is 35.5. The third kappa shape index (κ3) is 3.26. The van der Waals surface area contributed by atoms with Crippen LogP contribution in [0.25, 0.3) is 0 Å². The van der Waals surface area contributed by atoms with Crippen molar-refractivity contribution in [2.75, 3.05) is 6.61 Å². The van der Waals surface area contributed by atoms with Crippen molar-refractivity contribution >= 4 is 35.0 Å². The van der Waals surface area contributed by atoms with E-state index in [1.807, 2.05) is 0 Å². The Kier molecular flexibility index (Phi) is 5.47. The third-order valence-corrected chi connectivity index (χ3v) is 2.81. The lowest BCUT2D eigenvalue weighted by atomic mass is 10.0. The molecule has 0 aromatic heterocycles. The van der Waals surface area contributed by atoms with Gasteiger partial charge in [0.15, 0.2) is 5.82 Å². The fourth-order valence-corrected chi connectivity index (χ4v) is 1.79. The summed E-state index contributed by atoms with van der Waals surface area (Å²) >= 11 is 10.9. The first kappa shape index (κ1) is 16.4. The number of aliphatic carboxylic acids is 1. The lowest BCUT2D eigenvalue weighted by Gasteiger charge is -2.08. The van der Waals surface area contributed by atoms with Crippen molar-refractivity contribution in [3.8, 4) is 0 Å². The summed E-state index contributed by atoms with van der Waals surface area (Å²) in [7, 11) is 0. The molecular weight excluding hydrogens is 317 g/mol. The van der Waals surface area contributed by atoms with E-state index in [0.29, 0.717) is 12.3 Å². The molecule has 1 aromatic carbocycles. The van der Waals surface area contributed by atoms with E-state index in [1.54, 1.807) is 6.92 Å². The van der Waals surface area contributed by atoms with Gasteiger partial charge in [-0.3, -0.25) is 4.79 Å². The van der Waals surface area contributed by atoms with Crippen molar-refractivity contribution < 1.29 is 28.2 Å². The number of halogens is 4. The van der Waals surface area contributed by atoms with Gasteiger partial charge in [-0.1, -0.05) is 23.2 Å². The maximum absolute atomic E-state index is 13.7. The van der Waals surface area contributed by atoms with Crippen molar-refractivity contribution in [1.82, 2.24) is 0 Å². The van der Waals surface area contributed by atoms with Gasteiger partial charge in [0.2, 0.25) is 5.78 Å². The van der Waals surface area contributed by atoms with Crippen LogP contribution in [0.3, 0.4) is 0 Å². The molecule has 20 heavy (non-hydrogen) atoms. The summed E-state index contributed by atoms with van der Waals surface area (Å²) in [5, 5.41) is 7.38. The van der Waals surface area contributed by atoms with Crippen LogP contribution in [0.2, 0.25) is 10.0 Å². The van der Waals surface area contributed by atoms with Crippen LogP contribution in [-0.4, -0.2) is 23.5 Å². The fourth-order valence-electron chi connectivity index (χ4n) is 1.28. The van der Waals surface area contributed by atoms with Crippen molar-refractivity contribution in [2.24, 2.45) is 0 Å². The van der Waals surface area contributed by atoms with E-state index in [1.165, 1.54) is 0 Å². The molecule has 0 aliphatic carbocycles. The number of hydrogen-bond donors (Lipinski definition) is 1. The first-order valence-corrected chi connectivity index (χ1v) is 5.99. The number of rotatable bonds is 5. The zero-order valence-electron chi connectivity index (χ0n) is 10.0. The highest BCUT2D eigenvalue weighted by Gasteiger charge is 2.28. The molecule has 4 nitrogen and oxygen atoms in total. The Morgan fingerprint density at radius 3 is 2.50 bits per heavy atom. The summed E-state index contributed by atoms with van der Waals surface area (Å²) in [6.07, 6.45) is 0.646. The highest BCUT2D eigenvalue weighted by molar-refractivity contribution is 6.39. The van der Waals surface area contributed by atoms with Gasteiger partial charge >= 0.3 is 5.97 Å². The topological polar surface area (TPSA) is 63.6 Å². The SMILES string of the molecule is CCOC=C(C(=O)O)C(=O)c1c(F)cc(Cl)c(F)c1Cl. The standard InChI is InChI=1S/C12H8Cl2F2O4/c1-2-20-4-5(12(18)19)11(17)8-7(15)3-6(13)10(16)9(8)14/h3-4H,2H2,1H3,(H,18,19). The number of Topliss-reactive ketones (excluding diaryl/α,β-unsaturated/α-hetero) is 1. The minimum absolute atomic E-state index is 0.0925. The van der Waals surface area contributed by atoms with Gasteiger partial charge in [-0.25, -0.2) is 13.6 Å². The summed E-state index contributed by atoms with van der Waals surface area (Å²) < 4.78 is 31.8. The molecule has 8 heteroatoms. The lowest BCUT2D eigenvalue weighted by Crippen LogP contribution is -2.16. The number of carbonyl (C=O) groups is 2. The smallest absolute Gasteiger partial charge is 0.342 e. The largest absolute Gasteiger partial charge is 0.500 e. The molecule has 0 spiro atoms. The number of hydrogen-bond acceptors (Lipinski definition) is 3. The van der Waals surface area contributed by atoms with Crippen molar-refractivity contribution in [3.63, 3.8) is 0 Å². The summed E-state index contributed by atoms with van der Waals surface area (Å²) in [5.74, 6) is -5.41. The first-order valence-electron chi connectivity index (χ1n) is 5.24. The van der Waals surface area contributed by atoms with E-state index in [4.69, 9.17) is 28.3 Å². The minimum atomic E-state index is -1.66. The van der Waals surface area contributed by atoms with E-state index < -0.39 is 44.6 Å². The molecule has 1 aromatic rings. The molecule has 0 saturated heterocycles. The molecule has 0 aliphatic rings. The van der Waals surface area contributed by atoms with Crippen LogP contribution in [-0.2, 0) is 9.53 Å².